The van der Waals surface area contributed by atoms with Gasteiger partial charge in [-0.2, -0.15) is 0 Å². The van der Waals surface area contributed by atoms with Crippen LogP contribution < -0.4 is 16.4 Å². The van der Waals surface area contributed by atoms with Crippen molar-refractivity contribution in [2.24, 2.45) is 10.7 Å². The lowest BCUT2D eigenvalue weighted by Gasteiger charge is -2.23. The van der Waals surface area contributed by atoms with Gasteiger partial charge in [0.2, 0.25) is 5.91 Å². The van der Waals surface area contributed by atoms with Crippen molar-refractivity contribution in [3.63, 3.8) is 0 Å². The van der Waals surface area contributed by atoms with Crippen LogP contribution in [0.25, 0.3) is 0 Å². The van der Waals surface area contributed by atoms with Gasteiger partial charge in [0.25, 0.3) is 6.43 Å². The molecule has 0 heterocycles. The number of nitrogens with two attached hydrogens (primary N) is 1. The molecule has 0 aromatic heterocycles. The van der Waals surface area contributed by atoms with Gasteiger partial charge in [0, 0.05) is 6.04 Å². The largest absolute Gasteiger partial charge is 0.370 e. The number of carbonyl (C=O) groups is 1. The van der Waals surface area contributed by atoms with Gasteiger partial charge in [-0.05, 0) is 12.8 Å². The van der Waals surface area contributed by atoms with Gasteiger partial charge in [0.1, 0.15) is 6.54 Å². The molecule has 1 amide bonds. The van der Waals surface area contributed by atoms with Crippen LogP contribution in [0.15, 0.2) is 4.99 Å². The van der Waals surface area contributed by atoms with Crippen LogP contribution in [0.3, 0.4) is 0 Å². The van der Waals surface area contributed by atoms with E-state index in [4.69, 9.17) is 5.73 Å². The molecule has 1 aliphatic carbocycles. The van der Waals surface area contributed by atoms with Crippen LogP contribution in [0.2, 0.25) is 0 Å². The molecule has 1 fully saturated rings. The molecular weight excluding hydrogens is 369 g/mol. The lowest BCUT2D eigenvalue weighted by atomic mass is 9.96. The van der Waals surface area contributed by atoms with Gasteiger partial charge < -0.3 is 16.4 Å². The standard InChI is InChI=1S/C11H20F2N4O.HI/c12-9(13)6-15-10(18)7-16-11(14)17-8-4-2-1-3-5-8;/h8-9H,1-7H2,(H,15,18)(H3,14,16,17);1H. The first kappa shape index (κ1) is 18.3. The van der Waals surface area contributed by atoms with Crippen LogP contribution in [0, 0.1) is 0 Å². The molecule has 0 radical (unpaired) electrons. The molecule has 0 saturated heterocycles. The molecule has 1 rings (SSSR count). The first-order chi connectivity index (χ1) is 8.58. The van der Waals surface area contributed by atoms with Crippen molar-refractivity contribution in [2.45, 2.75) is 44.6 Å². The lowest BCUT2D eigenvalue weighted by molar-refractivity contribution is -0.120. The van der Waals surface area contributed by atoms with Gasteiger partial charge in [0.05, 0.1) is 6.54 Å². The fraction of sp³-hybridized carbons (Fsp3) is 0.818. The summed E-state index contributed by atoms with van der Waals surface area (Å²) in [6.45, 7) is -0.872. The number of hydrogen-bond acceptors (Lipinski definition) is 2. The summed E-state index contributed by atoms with van der Waals surface area (Å²) in [6, 6.07) is 0.312. The highest BCUT2D eigenvalue weighted by Gasteiger charge is 2.13. The summed E-state index contributed by atoms with van der Waals surface area (Å²) in [7, 11) is 0. The van der Waals surface area contributed by atoms with Crippen molar-refractivity contribution in [1.29, 1.82) is 0 Å². The van der Waals surface area contributed by atoms with Gasteiger partial charge in [0.15, 0.2) is 5.96 Å². The summed E-state index contributed by atoms with van der Waals surface area (Å²) in [6.07, 6.45) is 3.13. The maximum Gasteiger partial charge on any atom is 0.255 e. The minimum absolute atomic E-state index is 0. The molecule has 4 N–H and O–H groups in total. The van der Waals surface area contributed by atoms with E-state index in [2.05, 4.69) is 15.6 Å². The fourth-order valence-corrected chi connectivity index (χ4v) is 1.91. The van der Waals surface area contributed by atoms with Crippen LogP contribution in [0.1, 0.15) is 32.1 Å². The number of nitrogens with zero attached hydrogens (tertiary/aromatic N) is 1. The minimum atomic E-state index is -2.55. The van der Waals surface area contributed by atoms with Gasteiger partial charge in [-0.25, -0.2) is 13.8 Å². The number of nitrogens with one attached hydrogen (secondary N) is 2. The van der Waals surface area contributed by atoms with E-state index in [1.807, 2.05) is 0 Å². The van der Waals surface area contributed by atoms with E-state index < -0.39 is 18.9 Å². The third-order valence-electron chi connectivity index (χ3n) is 2.80. The highest BCUT2D eigenvalue weighted by Crippen LogP contribution is 2.16. The van der Waals surface area contributed by atoms with E-state index in [0.717, 1.165) is 12.8 Å². The SMILES string of the molecule is I.NC(=NCC(=O)NCC(F)F)NC1CCCCC1. The molecule has 1 aliphatic rings. The molecule has 19 heavy (non-hydrogen) atoms. The van der Waals surface area contributed by atoms with E-state index in [1.54, 1.807) is 0 Å². The molecule has 112 valence electrons. The molecule has 8 heteroatoms. The average Bonchev–Trinajstić information content (AvgIpc) is 2.35. The fourth-order valence-electron chi connectivity index (χ4n) is 1.91. The second-order valence-corrected chi connectivity index (χ2v) is 4.38. The highest BCUT2D eigenvalue weighted by atomic mass is 127. The number of carbonyl (C=O) groups excluding carboxylic acids is 1. The van der Waals surface area contributed by atoms with E-state index in [-0.39, 0.29) is 36.5 Å². The van der Waals surface area contributed by atoms with Crippen molar-refractivity contribution >= 4 is 35.8 Å². The predicted octanol–water partition coefficient (Wildman–Crippen LogP) is 1.22. The number of aliphatic imine (C=N–C) groups is 1. The first-order valence-electron chi connectivity index (χ1n) is 6.19. The molecule has 0 aromatic rings. The van der Waals surface area contributed by atoms with Crippen molar-refractivity contribution in [3.05, 3.63) is 0 Å². The maximum absolute atomic E-state index is 11.8. The van der Waals surface area contributed by atoms with Crippen molar-refractivity contribution < 1.29 is 13.6 Å². The smallest absolute Gasteiger partial charge is 0.255 e. The van der Waals surface area contributed by atoms with Crippen LogP contribution in [-0.4, -0.2) is 37.4 Å². The summed E-state index contributed by atoms with van der Waals surface area (Å²) in [5.74, 6) is -0.349. The van der Waals surface area contributed by atoms with E-state index in [1.165, 1.54) is 19.3 Å². The Morgan fingerprint density at radius 2 is 1.95 bits per heavy atom. The minimum Gasteiger partial charge on any atom is -0.370 e. The normalized spacial score (nSPS) is 16.9. The zero-order valence-corrected chi connectivity index (χ0v) is 13.0. The molecule has 1 saturated carbocycles. The Kier molecular flexibility index (Phi) is 9.80. The van der Waals surface area contributed by atoms with Crippen LogP contribution in [0.5, 0.6) is 0 Å². The first-order valence-corrected chi connectivity index (χ1v) is 6.19. The zero-order valence-electron chi connectivity index (χ0n) is 10.7. The van der Waals surface area contributed by atoms with E-state index in [9.17, 15) is 13.6 Å². The van der Waals surface area contributed by atoms with Crippen LogP contribution in [-0.2, 0) is 4.79 Å². The Labute approximate surface area is 128 Å². The summed E-state index contributed by atoms with van der Waals surface area (Å²) in [5.41, 5.74) is 5.62. The number of guanidine groups is 1. The summed E-state index contributed by atoms with van der Waals surface area (Å²) in [5, 5.41) is 5.10. The van der Waals surface area contributed by atoms with Crippen LogP contribution in [0.4, 0.5) is 8.78 Å². The predicted molar refractivity (Wildman–Crippen MR) is 80.9 cm³/mol. The summed E-state index contributed by atoms with van der Waals surface area (Å²) < 4.78 is 23.6. The average molecular weight is 390 g/mol. The highest BCUT2D eigenvalue weighted by molar-refractivity contribution is 14.0. The molecule has 0 atom stereocenters. The number of halogens is 3. The van der Waals surface area contributed by atoms with E-state index >= 15 is 0 Å². The Morgan fingerprint density at radius 1 is 1.32 bits per heavy atom. The number of rotatable bonds is 5. The second-order valence-electron chi connectivity index (χ2n) is 4.38. The second kappa shape index (κ2) is 10.2. The molecule has 0 aliphatic heterocycles. The van der Waals surface area contributed by atoms with Gasteiger partial charge >= 0.3 is 0 Å². The Morgan fingerprint density at radius 3 is 2.53 bits per heavy atom. The summed E-state index contributed by atoms with van der Waals surface area (Å²) >= 11 is 0. The van der Waals surface area contributed by atoms with Gasteiger partial charge in [-0.3, -0.25) is 4.79 Å². The molecule has 0 spiro atoms. The topological polar surface area (TPSA) is 79.5 Å². The Balaban J connectivity index is 0.00000324. The lowest BCUT2D eigenvalue weighted by Crippen LogP contribution is -2.41. The Hall–Kier alpha value is -0.670. The molecule has 0 bridgehead atoms. The van der Waals surface area contributed by atoms with E-state index in [0.29, 0.717) is 6.04 Å². The number of alkyl halides is 2. The number of amides is 1. The molecule has 0 unspecified atom stereocenters. The van der Waals surface area contributed by atoms with Crippen molar-refractivity contribution in [1.82, 2.24) is 10.6 Å². The van der Waals surface area contributed by atoms with Crippen molar-refractivity contribution in [3.8, 4) is 0 Å². The van der Waals surface area contributed by atoms with Crippen molar-refractivity contribution in [2.75, 3.05) is 13.1 Å². The third-order valence-corrected chi connectivity index (χ3v) is 2.80. The quantitative estimate of drug-likeness (QED) is 0.375. The maximum atomic E-state index is 11.8. The summed E-state index contributed by atoms with van der Waals surface area (Å²) in [4.78, 5) is 14.9. The van der Waals surface area contributed by atoms with Gasteiger partial charge in [-0.1, -0.05) is 19.3 Å². The zero-order chi connectivity index (χ0) is 13.4. The molecule has 5 nitrogen and oxygen atoms in total. The van der Waals surface area contributed by atoms with Gasteiger partial charge in [-0.15, -0.1) is 24.0 Å². The monoisotopic (exact) mass is 390 g/mol. The Bertz CT molecular complexity index is 296. The molecule has 0 aromatic carbocycles. The number of hydrogen-bond donors (Lipinski definition) is 3. The third kappa shape index (κ3) is 8.95. The van der Waals surface area contributed by atoms with Crippen LogP contribution >= 0.6 is 24.0 Å². The molecular formula is C11H21F2IN4O.